The fourth-order valence-electron chi connectivity index (χ4n) is 3.90. The van der Waals surface area contributed by atoms with E-state index in [1.165, 1.54) is 0 Å². The molecule has 3 rings (SSSR count). The molecule has 1 saturated carbocycles. The number of carbonyl (C=O) groups excluding carboxylic acids is 2. The summed E-state index contributed by atoms with van der Waals surface area (Å²) in [6.07, 6.45) is -1.06. The van der Waals surface area contributed by atoms with Gasteiger partial charge in [-0.1, -0.05) is 0 Å². The van der Waals surface area contributed by atoms with Crippen molar-refractivity contribution in [1.82, 2.24) is 0 Å². The number of esters is 2. The fourth-order valence-corrected chi connectivity index (χ4v) is 11.8. The van der Waals surface area contributed by atoms with E-state index in [9.17, 15) is 23.1 Å². The minimum atomic E-state index is -4.54. The van der Waals surface area contributed by atoms with Crippen LogP contribution in [0.5, 0.6) is 11.5 Å². The second-order valence-corrected chi connectivity index (χ2v) is 16.9. The molecule has 2 N–H and O–H groups in total. The van der Waals surface area contributed by atoms with Crippen molar-refractivity contribution in [3.05, 3.63) is 45.7 Å². The zero-order valence-electron chi connectivity index (χ0n) is 18.9. The number of carbonyl (C=O) groups is 2. The van der Waals surface area contributed by atoms with Crippen molar-refractivity contribution in [2.24, 2.45) is 17.8 Å². The SMILES string of the molecule is O=C(OCS(=O)(=O)O)C1CC(C(=O)Oc2c(I)cc(I)cc2I)CC(C(O)Oc2c(I)cc(I)cc2I)C1. The van der Waals surface area contributed by atoms with Crippen molar-refractivity contribution < 1.29 is 41.9 Å². The summed E-state index contributed by atoms with van der Waals surface area (Å²) in [5, 5.41) is 11.0. The minimum Gasteiger partial charge on any atom is -0.463 e. The van der Waals surface area contributed by atoms with Gasteiger partial charge < -0.3 is 19.3 Å². The smallest absolute Gasteiger partial charge is 0.314 e. The van der Waals surface area contributed by atoms with Gasteiger partial charge in [0, 0.05) is 13.1 Å². The van der Waals surface area contributed by atoms with Gasteiger partial charge in [-0.05, 0) is 179 Å². The molecule has 1 aliphatic carbocycles. The summed E-state index contributed by atoms with van der Waals surface area (Å²) < 4.78 is 52.6. The first-order valence-electron chi connectivity index (χ1n) is 10.6. The lowest BCUT2D eigenvalue weighted by atomic mass is 9.74. The lowest BCUT2D eigenvalue weighted by Crippen LogP contribution is -2.40. The zero-order valence-corrected chi connectivity index (χ0v) is 32.6. The van der Waals surface area contributed by atoms with E-state index in [1.54, 1.807) is 0 Å². The van der Waals surface area contributed by atoms with Crippen LogP contribution in [-0.2, 0) is 24.4 Å². The van der Waals surface area contributed by atoms with Crippen LogP contribution in [0.25, 0.3) is 0 Å². The summed E-state index contributed by atoms with van der Waals surface area (Å²) in [5.74, 6) is -4.16. The summed E-state index contributed by atoms with van der Waals surface area (Å²) in [7, 11) is -4.54. The molecular weight excluding hydrogens is 1200 g/mol. The molecule has 0 heterocycles. The van der Waals surface area contributed by atoms with Crippen LogP contribution in [0, 0.1) is 39.2 Å². The zero-order chi connectivity index (χ0) is 28.4. The van der Waals surface area contributed by atoms with E-state index in [-0.39, 0.29) is 19.3 Å². The Balaban J connectivity index is 1.84. The first-order chi connectivity index (χ1) is 17.6. The van der Waals surface area contributed by atoms with Crippen molar-refractivity contribution in [2.75, 3.05) is 5.94 Å². The third kappa shape index (κ3) is 9.74. The molecular formula is C22H18I6O9S. The number of ether oxygens (including phenoxy) is 3. The van der Waals surface area contributed by atoms with Crippen molar-refractivity contribution in [3.8, 4) is 11.5 Å². The van der Waals surface area contributed by atoms with Crippen LogP contribution < -0.4 is 9.47 Å². The van der Waals surface area contributed by atoms with Crippen LogP contribution in [0.4, 0.5) is 0 Å². The maximum Gasteiger partial charge on any atom is 0.314 e. The van der Waals surface area contributed by atoms with E-state index in [1.807, 2.05) is 24.3 Å². The Bertz CT molecular complexity index is 1290. The Hall–Kier alpha value is 1.43. The van der Waals surface area contributed by atoms with E-state index < -0.39 is 52.0 Å². The molecule has 16 heteroatoms. The van der Waals surface area contributed by atoms with E-state index in [4.69, 9.17) is 18.8 Å². The molecule has 208 valence electrons. The number of halogens is 6. The van der Waals surface area contributed by atoms with Gasteiger partial charge in [0.05, 0.1) is 26.1 Å². The molecule has 1 fully saturated rings. The number of rotatable bonds is 8. The van der Waals surface area contributed by atoms with E-state index >= 15 is 0 Å². The fraction of sp³-hybridized carbons (Fsp3) is 0.364. The Kier molecular flexibility index (Phi) is 13.2. The molecule has 0 amide bonds. The maximum atomic E-state index is 13.3. The predicted octanol–water partition coefficient (Wildman–Crippen LogP) is 6.04. The molecule has 1 aliphatic rings. The van der Waals surface area contributed by atoms with Gasteiger partial charge in [-0.15, -0.1) is 0 Å². The largest absolute Gasteiger partial charge is 0.463 e. The first kappa shape index (κ1) is 33.9. The molecule has 9 nitrogen and oxygen atoms in total. The normalized spacial score (nSPS) is 20.5. The highest BCUT2D eigenvalue weighted by Gasteiger charge is 2.42. The standard InChI is InChI=1S/C22H18I6O9S/c23-12-4-14(25)18(15(26)5-12)36-21(30)10-1-9(20(29)35-8-38(32,33)34)2-11(3-10)22(31)37-19-16(27)6-13(24)7-17(19)28/h4-7,9-11,21,30H,1-3,8H2,(H,32,33,34). The number of aliphatic hydroxyl groups is 1. The number of aliphatic hydroxyl groups excluding tert-OH is 1. The second-order valence-electron chi connectivity index (χ2n) is 8.35. The van der Waals surface area contributed by atoms with Gasteiger partial charge in [-0.3, -0.25) is 14.1 Å². The summed E-state index contributed by atoms with van der Waals surface area (Å²) in [6.45, 7) is 0. The van der Waals surface area contributed by atoms with E-state index in [2.05, 4.69) is 136 Å². The van der Waals surface area contributed by atoms with Crippen molar-refractivity contribution >= 4 is 158 Å². The maximum absolute atomic E-state index is 13.3. The molecule has 2 aromatic carbocycles. The molecule has 0 saturated heterocycles. The monoisotopic (exact) mass is 1220 g/mol. The van der Waals surface area contributed by atoms with Gasteiger partial charge in [0.25, 0.3) is 0 Å². The molecule has 0 aromatic heterocycles. The summed E-state index contributed by atoms with van der Waals surface area (Å²) in [6, 6.07) is 7.53. The Labute approximate surface area is 301 Å². The topological polar surface area (TPSA) is 136 Å². The van der Waals surface area contributed by atoms with Crippen LogP contribution in [-0.4, -0.2) is 42.2 Å². The highest BCUT2D eigenvalue weighted by molar-refractivity contribution is 14.1. The van der Waals surface area contributed by atoms with Crippen LogP contribution in [0.1, 0.15) is 19.3 Å². The van der Waals surface area contributed by atoms with Crippen molar-refractivity contribution in [2.45, 2.75) is 25.6 Å². The molecule has 0 aliphatic heterocycles. The Morgan fingerprint density at radius 3 is 1.74 bits per heavy atom. The Morgan fingerprint density at radius 2 is 1.26 bits per heavy atom. The molecule has 0 radical (unpaired) electrons. The summed E-state index contributed by atoms with van der Waals surface area (Å²) >= 11 is 12.7. The quantitative estimate of drug-likeness (QED) is 0.107. The average Bonchev–Trinajstić information content (AvgIpc) is 2.81. The first-order valence-corrected chi connectivity index (χ1v) is 18.7. The molecule has 4 atom stereocenters. The third-order valence-electron chi connectivity index (χ3n) is 5.53. The van der Waals surface area contributed by atoms with Crippen LogP contribution >= 0.6 is 136 Å². The molecule has 2 aromatic rings. The third-order valence-corrected chi connectivity index (χ3v) is 10.4. The van der Waals surface area contributed by atoms with Gasteiger partial charge in [0.15, 0.2) is 12.0 Å². The van der Waals surface area contributed by atoms with Gasteiger partial charge in [0.2, 0.25) is 5.94 Å². The predicted molar refractivity (Wildman–Crippen MR) is 188 cm³/mol. The molecule has 38 heavy (non-hydrogen) atoms. The molecule has 0 bridgehead atoms. The minimum absolute atomic E-state index is 0.0302. The number of hydrogen-bond donors (Lipinski definition) is 2. The van der Waals surface area contributed by atoms with Gasteiger partial charge in [-0.25, -0.2) is 0 Å². The number of benzene rings is 2. The van der Waals surface area contributed by atoms with Gasteiger partial charge in [-0.2, -0.15) is 8.42 Å². The van der Waals surface area contributed by atoms with Crippen LogP contribution in [0.2, 0.25) is 0 Å². The summed E-state index contributed by atoms with van der Waals surface area (Å²) in [4.78, 5) is 26.0. The second kappa shape index (κ2) is 14.7. The van der Waals surface area contributed by atoms with Gasteiger partial charge >= 0.3 is 22.1 Å². The average molecular weight is 1220 g/mol. The highest BCUT2D eigenvalue weighted by atomic mass is 127. The highest BCUT2D eigenvalue weighted by Crippen LogP contribution is 2.40. The van der Waals surface area contributed by atoms with Crippen LogP contribution in [0.15, 0.2) is 24.3 Å². The van der Waals surface area contributed by atoms with Crippen molar-refractivity contribution in [1.29, 1.82) is 0 Å². The van der Waals surface area contributed by atoms with Crippen molar-refractivity contribution in [3.63, 3.8) is 0 Å². The lowest BCUT2D eigenvalue weighted by molar-refractivity contribution is -0.156. The molecule has 0 spiro atoms. The number of hydrogen-bond acceptors (Lipinski definition) is 8. The van der Waals surface area contributed by atoms with E-state index in [0.29, 0.717) is 11.5 Å². The summed E-state index contributed by atoms with van der Waals surface area (Å²) in [5.41, 5.74) is 0. The van der Waals surface area contributed by atoms with Crippen LogP contribution in [0.3, 0.4) is 0 Å². The Morgan fingerprint density at radius 1 is 0.816 bits per heavy atom. The lowest BCUT2D eigenvalue weighted by Gasteiger charge is -2.35. The molecule has 4 unspecified atom stereocenters. The van der Waals surface area contributed by atoms with E-state index in [0.717, 1.165) is 21.4 Å². The van der Waals surface area contributed by atoms with Gasteiger partial charge in [0.1, 0.15) is 5.75 Å².